The molecule has 4 heteroatoms. The Balaban J connectivity index is 1.37. The summed E-state index contributed by atoms with van der Waals surface area (Å²) in [7, 11) is 0. The van der Waals surface area contributed by atoms with Gasteiger partial charge in [0.15, 0.2) is 0 Å². The van der Waals surface area contributed by atoms with Gasteiger partial charge >= 0.3 is 0 Å². The van der Waals surface area contributed by atoms with Gasteiger partial charge in [-0.25, -0.2) is 0 Å². The van der Waals surface area contributed by atoms with Crippen LogP contribution in [0.4, 0.5) is 0 Å². The van der Waals surface area contributed by atoms with Crippen molar-refractivity contribution in [3.8, 4) is 0 Å². The maximum atomic E-state index is 12.6. The van der Waals surface area contributed by atoms with Crippen LogP contribution in [0.5, 0.6) is 0 Å². The minimum Gasteiger partial charge on any atom is -0.353 e. The van der Waals surface area contributed by atoms with E-state index in [-0.39, 0.29) is 17.9 Å². The Morgan fingerprint density at radius 3 is 2.38 bits per heavy atom. The Kier molecular flexibility index (Phi) is 7.45. The number of rotatable bonds is 7. The summed E-state index contributed by atoms with van der Waals surface area (Å²) >= 11 is 0. The zero-order chi connectivity index (χ0) is 20.6. The van der Waals surface area contributed by atoms with Crippen molar-refractivity contribution in [2.75, 3.05) is 13.1 Å². The number of hydrogen-bond acceptors (Lipinski definition) is 2. The van der Waals surface area contributed by atoms with Gasteiger partial charge in [-0.2, -0.15) is 0 Å². The summed E-state index contributed by atoms with van der Waals surface area (Å²) in [5.74, 6) is 0.326. The number of piperidine rings is 1. The largest absolute Gasteiger partial charge is 0.353 e. The van der Waals surface area contributed by atoms with E-state index in [2.05, 4.69) is 49.5 Å². The topological polar surface area (TPSA) is 49.4 Å². The smallest absolute Gasteiger partial charge is 0.222 e. The van der Waals surface area contributed by atoms with Crippen molar-refractivity contribution in [3.05, 3.63) is 70.8 Å². The van der Waals surface area contributed by atoms with E-state index in [9.17, 15) is 9.59 Å². The molecule has 2 amide bonds. The van der Waals surface area contributed by atoms with Crippen LogP contribution in [-0.2, 0) is 22.4 Å². The van der Waals surface area contributed by atoms with E-state index < -0.39 is 0 Å². The van der Waals surface area contributed by atoms with Gasteiger partial charge in [0.1, 0.15) is 0 Å². The molecule has 0 aliphatic carbocycles. The highest BCUT2D eigenvalue weighted by molar-refractivity contribution is 5.77. The number of nitrogens with zero attached hydrogens (tertiary/aromatic N) is 1. The highest BCUT2D eigenvalue weighted by Crippen LogP contribution is 2.16. The molecule has 1 fully saturated rings. The number of aryl methyl sites for hydroxylation is 4. The monoisotopic (exact) mass is 392 g/mol. The maximum absolute atomic E-state index is 12.6. The molecule has 1 N–H and O–H groups in total. The molecule has 2 aromatic carbocycles. The minimum absolute atomic E-state index is 0.105. The lowest BCUT2D eigenvalue weighted by atomic mass is 10.00. The zero-order valence-corrected chi connectivity index (χ0v) is 17.6. The third kappa shape index (κ3) is 6.45. The molecule has 1 saturated heterocycles. The van der Waals surface area contributed by atoms with Crippen LogP contribution >= 0.6 is 0 Å². The summed E-state index contributed by atoms with van der Waals surface area (Å²) in [5, 5.41) is 3.14. The summed E-state index contributed by atoms with van der Waals surface area (Å²) < 4.78 is 0. The quantitative estimate of drug-likeness (QED) is 0.775. The van der Waals surface area contributed by atoms with Crippen molar-refractivity contribution in [1.82, 2.24) is 10.2 Å². The van der Waals surface area contributed by atoms with Gasteiger partial charge in [0.05, 0.1) is 0 Å². The van der Waals surface area contributed by atoms with Gasteiger partial charge in [-0.05, 0) is 56.2 Å². The van der Waals surface area contributed by atoms with Gasteiger partial charge in [0.2, 0.25) is 11.8 Å². The molecule has 29 heavy (non-hydrogen) atoms. The van der Waals surface area contributed by atoms with Crippen LogP contribution in [0.25, 0.3) is 0 Å². The zero-order valence-electron chi connectivity index (χ0n) is 17.6. The molecule has 1 heterocycles. The van der Waals surface area contributed by atoms with Gasteiger partial charge in [-0.1, -0.05) is 54.1 Å². The maximum Gasteiger partial charge on any atom is 0.222 e. The third-order valence-electron chi connectivity index (χ3n) is 5.80. The molecule has 1 aliphatic heterocycles. The summed E-state index contributed by atoms with van der Waals surface area (Å²) in [6, 6.07) is 16.7. The first-order chi connectivity index (χ1) is 14.0. The Labute approximate surface area is 174 Å². The van der Waals surface area contributed by atoms with Crippen molar-refractivity contribution < 1.29 is 9.59 Å². The van der Waals surface area contributed by atoms with E-state index >= 15 is 0 Å². The molecule has 0 atom stereocenters. The van der Waals surface area contributed by atoms with Gasteiger partial charge in [-0.3, -0.25) is 9.59 Å². The van der Waals surface area contributed by atoms with E-state index in [0.29, 0.717) is 12.8 Å². The van der Waals surface area contributed by atoms with Gasteiger partial charge in [0, 0.05) is 32.0 Å². The lowest BCUT2D eigenvalue weighted by Crippen LogP contribution is -2.46. The number of nitrogens with one attached hydrogen (secondary N) is 1. The summed E-state index contributed by atoms with van der Waals surface area (Å²) in [4.78, 5) is 26.8. The highest BCUT2D eigenvalue weighted by Gasteiger charge is 2.23. The second-order valence-corrected chi connectivity index (χ2v) is 8.14. The molecule has 2 aromatic rings. The van der Waals surface area contributed by atoms with Crippen LogP contribution in [0.15, 0.2) is 48.5 Å². The average molecular weight is 393 g/mol. The van der Waals surface area contributed by atoms with Crippen LogP contribution in [0.3, 0.4) is 0 Å². The molecule has 1 aliphatic rings. The standard InChI is InChI=1S/C25H32N2O2/c1-19-8-10-22(20(2)18-19)11-13-25(29)27-16-14-23(15-17-27)26-24(28)12-9-21-6-4-3-5-7-21/h3-8,10,18,23H,9,11-17H2,1-2H3,(H,26,28). The number of benzene rings is 2. The number of likely N-dealkylation sites (tertiary alicyclic amines) is 1. The van der Waals surface area contributed by atoms with E-state index in [1.54, 1.807) is 0 Å². The van der Waals surface area contributed by atoms with Crippen LogP contribution < -0.4 is 5.32 Å². The van der Waals surface area contributed by atoms with E-state index in [4.69, 9.17) is 0 Å². The molecule has 0 unspecified atom stereocenters. The molecule has 0 bridgehead atoms. The minimum atomic E-state index is 0.105. The van der Waals surface area contributed by atoms with Crippen molar-refractivity contribution >= 4 is 11.8 Å². The van der Waals surface area contributed by atoms with E-state index in [1.165, 1.54) is 22.3 Å². The Morgan fingerprint density at radius 2 is 1.69 bits per heavy atom. The van der Waals surface area contributed by atoms with Gasteiger partial charge < -0.3 is 10.2 Å². The number of carbonyl (C=O) groups is 2. The second kappa shape index (κ2) is 10.2. The molecule has 0 saturated carbocycles. The van der Waals surface area contributed by atoms with E-state index in [0.717, 1.165) is 38.8 Å². The van der Waals surface area contributed by atoms with Crippen LogP contribution in [0.2, 0.25) is 0 Å². The fourth-order valence-corrected chi connectivity index (χ4v) is 4.00. The molecule has 0 spiro atoms. The second-order valence-electron chi connectivity index (χ2n) is 8.14. The lowest BCUT2D eigenvalue weighted by Gasteiger charge is -2.32. The highest BCUT2D eigenvalue weighted by atomic mass is 16.2. The Hall–Kier alpha value is -2.62. The fourth-order valence-electron chi connectivity index (χ4n) is 4.00. The molecular formula is C25H32N2O2. The average Bonchev–Trinajstić information content (AvgIpc) is 2.73. The van der Waals surface area contributed by atoms with Crippen molar-refractivity contribution in [2.45, 2.75) is 58.4 Å². The normalized spacial score (nSPS) is 14.6. The first-order valence-corrected chi connectivity index (χ1v) is 10.7. The van der Waals surface area contributed by atoms with Crippen LogP contribution in [0.1, 0.15) is 47.9 Å². The van der Waals surface area contributed by atoms with Gasteiger partial charge in [-0.15, -0.1) is 0 Å². The summed E-state index contributed by atoms with van der Waals surface area (Å²) in [6.45, 7) is 5.66. The summed E-state index contributed by atoms with van der Waals surface area (Å²) in [6.07, 6.45) is 4.30. The Bertz CT molecular complexity index is 824. The predicted molar refractivity (Wildman–Crippen MR) is 117 cm³/mol. The van der Waals surface area contributed by atoms with Crippen molar-refractivity contribution in [3.63, 3.8) is 0 Å². The Morgan fingerprint density at radius 1 is 0.966 bits per heavy atom. The van der Waals surface area contributed by atoms with Crippen LogP contribution in [-0.4, -0.2) is 35.8 Å². The van der Waals surface area contributed by atoms with Crippen molar-refractivity contribution in [2.24, 2.45) is 0 Å². The molecule has 4 nitrogen and oxygen atoms in total. The summed E-state index contributed by atoms with van der Waals surface area (Å²) in [5.41, 5.74) is 4.96. The molecule has 0 radical (unpaired) electrons. The third-order valence-corrected chi connectivity index (χ3v) is 5.80. The van der Waals surface area contributed by atoms with Gasteiger partial charge in [0.25, 0.3) is 0 Å². The van der Waals surface area contributed by atoms with Crippen molar-refractivity contribution in [1.29, 1.82) is 0 Å². The predicted octanol–water partition coefficient (Wildman–Crippen LogP) is 3.98. The fraction of sp³-hybridized carbons (Fsp3) is 0.440. The SMILES string of the molecule is Cc1ccc(CCC(=O)N2CCC(NC(=O)CCc3ccccc3)CC2)c(C)c1. The lowest BCUT2D eigenvalue weighted by molar-refractivity contribution is -0.132. The van der Waals surface area contributed by atoms with Crippen LogP contribution in [0, 0.1) is 13.8 Å². The molecule has 3 rings (SSSR count). The number of amides is 2. The number of hydrogen-bond donors (Lipinski definition) is 1. The molecule has 154 valence electrons. The molecule has 0 aromatic heterocycles. The van der Waals surface area contributed by atoms with E-state index in [1.807, 2.05) is 23.1 Å². The molecular weight excluding hydrogens is 360 g/mol. The first kappa shape index (κ1) is 21.1. The first-order valence-electron chi connectivity index (χ1n) is 10.7. The number of carbonyl (C=O) groups excluding carboxylic acids is 2.